The van der Waals surface area contributed by atoms with Crippen LogP contribution in [0.1, 0.15) is 57.1 Å². The van der Waals surface area contributed by atoms with Gasteiger partial charge in [0.05, 0.1) is 0 Å². The lowest BCUT2D eigenvalue weighted by Crippen LogP contribution is -2.49. The molecule has 2 N–H and O–H groups in total. The zero-order valence-electron chi connectivity index (χ0n) is 19.9. The van der Waals surface area contributed by atoms with E-state index in [-0.39, 0.29) is 24.9 Å². The van der Waals surface area contributed by atoms with Gasteiger partial charge in [-0.15, -0.1) is 0 Å². The van der Waals surface area contributed by atoms with Gasteiger partial charge in [-0.2, -0.15) is 0 Å². The van der Waals surface area contributed by atoms with E-state index in [0.29, 0.717) is 19.4 Å². The van der Waals surface area contributed by atoms with Gasteiger partial charge in [0.2, 0.25) is 5.91 Å². The van der Waals surface area contributed by atoms with Crippen LogP contribution < -0.4 is 5.32 Å². The molecule has 0 aromatic heterocycles. The molecule has 7 nitrogen and oxygen atoms in total. The maximum Gasteiger partial charge on any atom is 0.407 e. The third kappa shape index (κ3) is 4.79. The van der Waals surface area contributed by atoms with Gasteiger partial charge in [-0.05, 0) is 40.5 Å². The highest BCUT2D eigenvalue weighted by molar-refractivity contribution is 5.85. The molecular formula is C27H32N2O5. The van der Waals surface area contributed by atoms with Gasteiger partial charge in [-0.1, -0.05) is 69.3 Å². The first-order valence-corrected chi connectivity index (χ1v) is 11.8. The van der Waals surface area contributed by atoms with Gasteiger partial charge in [0.15, 0.2) is 0 Å². The van der Waals surface area contributed by atoms with Crippen LogP contribution in [0.2, 0.25) is 0 Å². The molecule has 1 saturated heterocycles. The van der Waals surface area contributed by atoms with Gasteiger partial charge in [0.1, 0.15) is 12.6 Å². The van der Waals surface area contributed by atoms with Gasteiger partial charge in [-0.25, -0.2) is 9.59 Å². The molecule has 0 radical (unpaired) electrons. The predicted octanol–water partition coefficient (Wildman–Crippen LogP) is 4.41. The van der Waals surface area contributed by atoms with Gasteiger partial charge in [0.25, 0.3) is 0 Å². The summed E-state index contributed by atoms with van der Waals surface area (Å²) >= 11 is 0. The van der Waals surface area contributed by atoms with Crippen molar-refractivity contribution in [3.63, 3.8) is 0 Å². The van der Waals surface area contributed by atoms with Crippen molar-refractivity contribution >= 4 is 18.0 Å². The summed E-state index contributed by atoms with van der Waals surface area (Å²) < 4.78 is 5.66. The number of nitrogens with zero attached hydrogens (tertiary/aromatic N) is 1. The van der Waals surface area contributed by atoms with Crippen molar-refractivity contribution in [2.75, 3.05) is 13.2 Å². The van der Waals surface area contributed by atoms with Crippen molar-refractivity contribution in [1.29, 1.82) is 0 Å². The number of benzene rings is 2. The van der Waals surface area contributed by atoms with Crippen LogP contribution in [-0.4, -0.2) is 53.2 Å². The van der Waals surface area contributed by atoms with Crippen LogP contribution in [0.4, 0.5) is 4.79 Å². The third-order valence-electron chi connectivity index (χ3n) is 6.92. The Hall–Kier alpha value is -3.35. The molecule has 7 heteroatoms. The molecule has 1 aliphatic heterocycles. The largest absolute Gasteiger partial charge is 0.480 e. The zero-order valence-corrected chi connectivity index (χ0v) is 19.9. The first-order chi connectivity index (χ1) is 16.2. The highest BCUT2D eigenvalue weighted by Crippen LogP contribution is 2.44. The minimum absolute atomic E-state index is 0.0253. The molecule has 180 valence electrons. The number of aliphatic carboxylic acids is 1. The van der Waals surface area contributed by atoms with Crippen LogP contribution in [0.5, 0.6) is 0 Å². The molecule has 2 aromatic carbocycles. The summed E-state index contributed by atoms with van der Waals surface area (Å²) in [5.74, 6) is -1.29. The van der Waals surface area contributed by atoms with E-state index in [1.54, 1.807) is 0 Å². The number of nitrogens with one attached hydrogen (secondary N) is 1. The fourth-order valence-electron chi connectivity index (χ4n) is 4.97. The SMILES string of the molecule is CC(C)(C)C(CC(=O)N1CCC[C@H]1C(=O)O)NC(=O)OCC1c2ccccc2-c2ccccc21. The number of likely N-dealkylation sites (tertiary alicyclic amines) is 1. The summed E-state index contributed by atoms with van der Waals surface area (Å²) in [7, 11) is 0. The number of hydrogen-bond acceptors (Lipinski definition) is 4. The van der Waals surface area contributed by atoms with Crippen LogP contribution in [0.25, 0.3) is 11.1 Å². The maximum atomic E-state index is 12.9. The van der Waals surface area contributed by atoms with E-state index >= 15 is 0 Å². The van der Waals surface area contributed by atoms with E-state index in [2.05, 4.69) is 29.6 Å². The lowest BCUT2D eigenvalue weighted by molar-refractivity contribution is -0.148. The molecular weight excluding hydrogens is 432 g/mol. The molecule has 1 fully saturated rings. The predicted molar refractivity (Wildman–Crippen MR) is 128 cm³/mol. The second-order valence-electron chi connectivity index (χ2n) is 10.2. The molecule has 0 bridgehead atoms. The number of carbonyl (C=O) groups is 3. The second-order valence-corrected chi connectivity index (χ2v) is 10.2. The molecule has 2 aliphatic rings. The Balaban J connectivity index is 1.41. The minimum Gasteiger partial charge on any atom is -0.480 e. The number of alkyl carbamates (subject to hydrolysis) is 1. The Morgan fingerprint density at radius 1 is 1.06 bits per heavy atom. The fraction of sp³-hybridized carbons (Fsp3) is 0.444. The number of carbonyl (C=O) groups excluding carboxylic acids is 2. The van der Waals surface area contributed by atoms with Crippen molar-refractivity contribution in [1.82, 2.24) is 10.2 Å². The molecule has 1 unspecified atom stereocenters. The van der Waals surface area contributed by atoms with Crippen molar-refractivity contribution in [3.05, 3.63) is 59.7 Å². The summed E-state index contributed by atoms with van der Waals surface area (Å²) in [5.41, 5.74) is 4.16. The molecule has 0 spiro atoms. The van der Waals surface area contributed by atoms with Gasteiger partial charge in [-0.3, -0.25) is 4.79 Å². The number of hydrogen-bond donors (Lipinski definition) is 2. The lowest BCUT2D eigenvalue weighted by Gasteiger charge is -2.33. The van der Waals surface area contributed by atoms with Gasteiger partial charge < -0.3 is 20.1 Å². The molecule has 2 atom stereocenters. The molecule has 1 aliphatic carbocycles. The highest BCUT2D eigenvalue weighted by Gasteiger charge is 2.37. The quantitative estimate of drug-likeness (QED) is 0.660. The second kappa shape index (κ2) is 9.49. The van der Waals surface area contributed by atoms with Crippen LogP contribution in [0.3, 0.4) is 0 Å². The molecule has 0 saturated carbocycles. The van der Waals surface area contributed by atoms with Gasteiger partial charge >= 0.3 is 12.1 Å². The van der Waals surface area contributed by atoms with E-state index in [1.165, 1.54) is 4.90 Å². The van der Waals surface area contributed by atoms with Crippen molar-refractivity contribution < 1.29 is 24.2 Å². The number of ether oxygens (including phenoxy) is 1. The van der Waals surface area contributed by atoms with Crippen molar-refractivity contribution in [2.24, 2.45) is 5.41 Å². The van der Waals surface area contributed by atoms with E-state index in [0.717, 1.165) is 22.3 Å². The monoisotopic (exact) mass is 464 g/mol. The molecule has 4 rings (SSSR count). The number of amides is 2. The van der Waals surface area contributed by atoms with E-state index in [1.807, 2.05) is 45.0 Å². The summed E-state index contributed by atoms with van der Waals surface area (Å²) in [4.78, 5) is 38.6. The smallest absolute Gasteiger partial charge is 0.407 e. The molecule has 1 heterocycles. The number of fused-ring (bicyclic) bond motifs is 3. The number of carboxylic acids is 1. The first kappa shape index (κ1) is 23.8. The maximum absolute atomic E-state index is 12.9. The topological polar surface area (TPSA) is 95.9 Å². The van der Waals surface area contributed by atoms with Crippen molar-refractivity contribution in [3.8, 4) is 11.1 Å². The van der Waals surface area contributed by atoms with E-state index in [9.17, 15) is 19.5 Å². The van der Waals surface area contributed by atoms with Crippen LogP contribution in [0, 0.1) is 5.41 Å². The van der Waals surface area contributed by atoms with Crippen molar-refractivity contribution in [2.45, 2.75) is 58.0 Å². The molecule has 2 amide bonds. The van der Waals surface area contributed by atoms with Gasteiger partial charge in [0, 0.05) is 24.9 Å². The standard InChI is InChI=1S/C27H32N2O5/c1-27(2,3)23(15-24(30)29-14-8-13-22(29)25(31)32)28-26(33)34-16-21-19-11-6-4-9-17(19)18-10-5-7-12-20(18)21/h4-7,9-12,21-23H,8,13-16H2,1-3H3,(H,28,33)(H,31,32)/t22-,23?/m0/s1. The molecule has 34 heavy (non-hydrogen) atoms. The first-order valence-electron chi connectivity index (χ1n) is 11.8. The Kier molecular flexibility index (Phi) is 6.64. The number of rotatable bonds is 6. The Morgan fingerprint density at radius 3 is 2.21 bits per heavy atom. The fourth-order valence-corrected chi connectivity index (χ4v) is 4.97. The van der Waals surface area contributed by atoms with Crippen LogP contribution >= 0.6 is 0 Å². The molecule has 2 aromatic rings. The van der Waals surface area contributed by atoms with Crippen LogP contribution in [0.15, 0.2) is 48.5 Å². The average Bonchev–Trinajstić information content (AvgIpc) is 3.40. The summed E-state index contributed by atoms with van der Waals surface area (Å²) in [5, 5.41) is 12.3. The normalized spacial score (nSPS) is 18.2. The Labute approximate surface area is 200 Å². The van der Waals surface area contributed by atoms with E-state index < -0.39 is 29.6 Å². The summed E-state index contributed by atoms with van der Waals surface area (Å²) in [6, 6.07) is 15.0. The Bertz CT molecular complexity index is 1040. The Morgan fingerprint density at radius 2 is 1.65 bits per heavy atom. The highest BCUT2D eigenvalue weighted by atomic mass is 16.5. The zero-order chi connectivity index (χ0) is 24.5. The summed E-state index contributed by atoms with van der Waals surface area (Å²) in [6.45, 7) is 6.43. The average molecular weight is 465 g/mol. The third-order valence-corrected chi connectivity index (χ3v) is 6.92. The van der Waals surface area contributed by atoms with Crippen LogP contribution in [-0.2, 0) is 14.3 Å². The van der Waals surface area contributed by atoms with E-state index in [4.69, 9.17) is 4.74 Å². The summed E-state index contributed by atoms with van der Waals surface area (Å²) in [6.07, 6.45) is 0.576. The minimum atomic E-state index is -0.984. The lowest BCUT2D eigenvalue weighted by atomic mass is 9.84. The number of carboxylic acid groups (broad SMARTS) is 1.